The lowest BCUT2D eigenvalue weighted by molar-refractivity contribution is 0.658. The summed E-state index contributed by atoms with van der Waals surface area (Å²) in [6.45, 7) is 4.12. The van der Waals surface area contributed by atoms with Crippen molar-refractivity contribution in [2.45, 2.75) is 24.0 Å². The van der Waals surface area contributed by atoms with E-state index in [1.54, 1.807) is 11.8 Å². The van der Waals surface area contributed by atoms with Gasteiger partial charge in [-0.1, -0.05) is 12.0 Å². The Morgan fingerprint density at radius 3 is 2.91 bits per heavy atom. The third-order valence-corrected chi connectivity index (χ3v) is 5.08. The monoisotopic (exact) mass is 189 g/mol. The minimum atomic E-state index is -0.225. The molecule has 1 heterocycles. The van der Waals surface area contributed by atoms with Gasteiger partial charge in [0.25, 0.3) is 0 Å². The van der Waals surface area contributed by atoms with Crippen molar-refractivity contribution in [1.29, 1.82) is 0 Å². The summed E-state index contributed by atoms with van der Waals surface area (Å²) in [5.74, 6) is 2.26. The van der Waals surface area contributed by atoms with Gasteiger partial charge in [-0.15, -0.1) is 11.8 Å². The van der Waals surface area contributed by atoms with Gasteiger partial charge in [-0.05, 0) is 12.5 Å². The molecule has 0 saturated carbocycles. The zero-order valence-corrected chi connectivity index (χ0v) is 8.28. The average Bonchev–Trinajstić information content (AvgIpc) is 1.96. The molecule has 1 rings (SSSR count). The Morgan fingerprint density at radius 2 is 2.36 bits per heavy atom. The molecule has 0 aromatic heterocycles. The van der Waals surface area contributed by atoms with Crippen LogP contribution in [-0.4, -0.2) is 21.6 Å². The largest absolute Gasteiger partial charge is 0.156 e. The molecule has 1 aliphatic rings. The quantitative estimate of drug-likeness (QED) is 0.362. The third kappa shape index (κ3) is 1.98. The standard InChI is InChI=1S/C6H11N3S2/c1-5-6(2,8-9-7)11-4-3-10-5/h5H,3-4H2,1-2H3/t5-,6-/m0/s1. The van der Waals surface area contributed by atoms with E-state index in [4.69, 9.17) is 5.53 Å². The highest BCUT2D eigenvalue weighted by atomic mass is 32.2. The van der Waals surface area contributed by atoms with Crippen LogP contribution in [0.4, 0.5) is 0 Å². The van der Waals surface area contributed by atoms with Gasteiger partial charge in [0, 0.05) is 21.7 Å². The third-order valence-electron chi connectivity index (χ3n) is 1.84. The summed E-state index contributed by atoms with van der Waals surface area (Å²) in [7, 11) is 0. The highest BCUT2D eigenvalue weighted by Crippen LogP contribution is 2.41. The smallest absolute Gasteiger partial charge is 0.103 e. The van der Waals surface area contributed by atoms with Gasteiger partial charge in [0.05, 0.1) is 0 Å². The van der Waals surface area contributed by atoms with E-state index in [1.807, 2.05) is 18.7 Å². The maximum Gasteiger partial charge on any atom is 0.103 e. The maximum atomic E-state index is 8.34. The Bertz CT molecular complexity index is 190. The van der Waals surface area contributed by atoms with Gasteiger partial charge in [0.1, 0.15) is 4.87 Å². The van der Waals surface area contributed by atoms with Crippen LogP contribution in [0.5, 0.6) is 0 Å². The molecule has 1 saturated heterocycles. The molecule has 2 atom stereocenters. The Morgan fingerprint density at radius 1 is 1.64 bits per heavy atom. The normalized spacial score (nSPS) is 37.8. The first-order chi connectivity index (χ1) is 5.19. The van der Waals surface area contributed by atoms with E-state index >= 15 is 0 Å². The highest BCUT2D eigenvalue weighted by Gasteiger charge is 2.33. The lowest BCUT2D eigenvalue weighted by Gasteiger charge is -2.33. The Hall–Kier alpha value is 0.01000. The molecule has 1 aliphatic heterocycles. The Balaban J connectivity index is 2.72. The molecule has 0 unspecified atom stereocenters. The first kappa shape index (κ1) is 9.10. The SMILES string of the molecule is C[C@@H]1SCCS[C@]1(C)N=[N+]=[N-]. The van der Waals surface area contributed by atoms with Crippen molar-refractivity contribution in [3.05, 3.63) is 10.4 Å². The van der Waals surface area contributed by atoms with Crippen molar-refractivity contribution in [3.63, 3.8) is 0 Å². The van der Waals surface area contributed by atoms with E-state index in [0.29, 0.717) is 5.25 Å². The summed E-state index contributed by atoms with van der Waals surface area (Å²) in [4.78, 5) is 2.65. The van der Waals surface area contributed by atoms with Gasteiger partial charge in [-0.25, -0.2) is 0 Å². The summed E-state index contributed by atoms with van der Waals surface area (Å²) in [6, 6.07) is 0. The molecule has 0 aliphatic carbocycles. The van der Waals surface area contributed by atoms with E-state index in [9.17, 15) is 0 Å². The lowest BCUT2D eigenvalue weighted by Crippen LogP contribution is -2.33. The summed E-state index contributed by atoms with van der Waals surface area (Å²) < 4.78 is 0. The van der Waals surface area contributed by atoms with E-state index < -0.39 is 0 Å². The van der Waals surface area contributed by atoms with Gasteiger partial charge < -0.3 is 0 Å². The summed E-state index contributed by atoms with van der Waals surface area (Å²) in [5.41, 5.74) is 8.34. The van der Waals surface area contributed by atoms with Gasteiger partial charge in [0.2, 0.25) is 0 Å². The van der Waals surface area contributed by atoms with Crippen molar-refractivity contribution >= 4 is 23.5 Å². The predicted molar refractivity (Wildman–Crippen MR) is 51.9 cm³/mol. The van der Waals surface area contributed by atoms with Crippen molar-refractivity contribution in [1.82, 2.24) is 0 Å². The molecule has 11 heavy (non-hydrogen) atoms. The molecular weight excluding hydrogens is 178 g/mol. The molecule has 0 amide bonds. The molecular formula is C6H11N3S2. The molecule has 0 aromatic rings. The summed E-state index contributed by atoms with van der Waals surface area (Å²) >= 11 is 3.64. The zero-order valence-electron chi connectivity index (χ0n) is 6.65. The van der Waals surface area contributed by atoms with Crippen LogP contribution in [0.3, 0.4) is 0 Å². The second kappa shape index (κ2) is 3.61. The Labute approximate surface area is 74.9 Å². The van der Waals surface area contributed by atoms with Crippen LogP contribution >= 0.6 is 23.5 Å². The molecule has 1 fully saturated rings. The average molecular weight is 189 g/mol. The van der Waals surface area contributed by atoms with E-state index in [1.165, 1.54) is 5.75 Å². The van der Waals surface area contributed by atoms with E-state index in [0.717, 1.165) is 5.75 Å². The van der Waals surface area contributed by atoms with Crippen LogP contribution in [0.25, 0.3) is 10.4 Å². The van der Waals surface area contributed by atoms with Gasteiger partial charge in [-0.2, -0.15) is 11.8 Å². The second-order valence-electron chi connectivity index (χ2n) is 2.61. The van der Waals surface area contributed by atoms with Crippen LogP contribution in [0.1, 0.15) is 13.8 Å². The van der Waals surface area contributed by atoms with Crippen LogP contribution in [0.15, 0.2) is 5.11 Å². The number of hydrogen-bond acceptors (Lipinski definition) is 3. The van der Waals surface area contributed by atoms with Gasteiger partial charge in [-0.3, -0.25) is 0 Å². The number of rotatable bonds is 1. The first-order valence-corrected chi connectivity index (χ1v) is 5.54. The van der Waals surface area contributed by atoms with E-state index in [2.05, 4.69) is 16.9 Å². The van der Waals surface area contributed by atoms with Crippen molar-refractivity contribution in [2.24, 2.45) is 5.11 Å². The fourth-order valence-electron chi connectivity index (χ4n) is 0.944. The minimum Gasteiger partial charge on any atom is -0.156 e. The summed E-state index contributed by atoms with van der Waals surface area (Å²) in [5, 5.41) is 4.25. The molecule has 3 nitrogen and oxygen atoms in total. The van der Waals surface area contributed by atoms with Crippen molar-refractivity contribution < 1.29 is 0 Å². The summed E-state index contributed by atoms with van der Waals surface area (Å²) in [6.07, 6.45) is 0. The predicted octanol–water partition coefficient (Wildman–Crippen LogP) is 2.88. The first-order valence-electron chi connectivity index (χ1n) is 3.51. The van der Waals surface area contributed by atoms with Crippen molar-refractivity contribution in [2.75, 3.05) is 11.5 Å². The lowest BCUT2D eigenvalue weighted by atomic mass is 10.2. The molecule has 0 radical (unpaired) electrons. The molecule has 5 heteroatoms. The second-order valence-corrected chi connectivity index (χ2v) is 5.58. The molecule has 0 spiro atoms. The van der Waals surface area contributed by atoms with Gasteiger partial charge in [0.15, 0.2) is 0 Å². The van der Waals surface area contributed by atoms with Crippen LogP contribution in [-0.2, 0) is 0 Å². The van der Waals surface area contributed by atoms with Crippen molar-refractivity contribution in [3.8, 4) is 0 Å². The molecule has 0 bridgehead atoms. The number of nitrogens with zero attached hydrogens (tertiary/aromatic N) is 3. The van der Waals surface area contributed by atoms with Crippen LogP contribution in [0.2, 0.25) is 0 Å². The number of thioether (sulfide) groups is 2. The fourth-order valence-corrected chi connectivity index (χ4v) is 3.52. The zero-order chi connectivity index (χ0) is 8.32. The fraction of sp³-hybridized carbons (Fsp3) is 1.00. The van der Waals surface area contributed by atoms with Gasteiger partial charge >= 0.3 is 0 Å². The Kier molecular flexibility index (Phi) is 2.98. The topological polar surface area (TPSA) is 48.8 Å². The molecule has 62 valence electrons. The molecule has 0 N–H and O–H groups in total. The van der Waals surface area contributed by atoms with Crippen LogP contribution in [0, 0.1) is 0 Å². The van der Waals surface area contributed by atoms with E-state index in [-0.39, 0.29) is 4.87 Å². The van der Waals surface area contributed by atoms with Crippen LogP contribution < -0.4 is 0 Å². The minimum absolute atomic E-state index is 0.225. The molecule has 0 aromatic carbocycles. The number of hydrogen-bond donors (Lipinski definition) is 0. The number of azide groups is 1. The maximum absolute atomic E-state index is 8.34. The highest BCUT2D eigenvalue weighted by molar-refractivity contribution is 8.07.